The fourth-order valence-corrected chi connectivity index (χ4v) is 3.51. The van der Waals surface area contributed by atoms with Gasteiger partial charge < -0.3 is 9.84 Å². The quantitative estimate of drug-likeness (QED) is 0.928. The summed E-state index contributed by atoms with van der Waals surface area (Å²) in [6.07, 6.45) is 0. The predicted octanol–water partition coefficient (Wildman–Crippen LogP) is 2.53. The third kappa shape index (κ3) is 2.89. The smallest absolute Gasteiger partial charge is 0.244 e. The number of nitrogens with one attached hydrogen (secondary N) is 1. The normalized spacial score (nSPS) is 18.6. The third-order valence-corrected chi connectivity index (χ3v) is 4.97. The highest BCUT2D eigenvalue weighted by atomic mass is 79.9. The maximum atomic E-state index is 5.41. The van der Waals surface area contributed by atoms with Crippen LogP contribution in [0.3, 0.4) is 0 Å². The molecule has 5 nitrogen and oxygen atoms in total. The summed E-state index contributed by atoms with van der Waals surface area (Å²) in [6.45, 7) is 6.19. The summed E-state index contributed by atoms with van der Waals surface area (Å²) in [5.41, 5.74) is 0. The first kappa shape index (κ1) is 13.2. The molecular weight excluding hydrogens is 328 g/mol. The van der Waals surface area contributed by atoms with Gasteiger partial charge in [0.15, 0.2) is 0 Å². The van der Waals surface area contributed by atoms with Crippen LogP contribution in [0.2, 0.25) is 0 Å². The number of halogens is 1. The summed E-state index contributed by atoms with van der Waals surface area (Å²) in [5.74, 6) is 1.37. The third-order valence-electron chi connectivity index (χ3n) is 3.29. The minimum Gasteiger partial charge on any atom is -0.337 e. The second-order valence-electron chi connectivity index (χ2n) is 4.55. The Morgan fingerprint density at radius 3 is 2.95 bits per heavy atom. The average Bonchev–Trinajstić information content (AvgIpc) is 3.07. The van der Waals surface area contributed by atoms with Gasteiger partial charge in [0.25, 0.3) is 0 Å². The lowest BCUT2D eigenvalue weighted by Gasteiger charge is -2.30. The van der Waals surface area contributed by atoms with Gasteiger partial charge in [0.1, 0.15) is 0 Å². The summed E-state index contributed by atoms with van der Waals surface area (Å²) in [7, 11) is 0. The molecule has 1 unspecified atom stereocenters. The fourth-order valence-electron chi connectivity index (χ4n) is 2.16. The molecule has 3 heterocycles. The number of hydrogen-bond donors (Lipinski definition) is 1. The average molecular weight is 343 g/mol. The maximum Gasteiger partial charge on any atom is 0.244 e. The Labute approximate surface area is 124 Å². The highest BCUT2D eigenvalue weighted by Gasteiger charge is 2.23. The first-order valence-electron chi connectivity index (χ1n) is 6.27. The van der Waals surface area contributed by atoms with Gasteiger partial charge >= 0.3 is 0 Å². The van der Waals surface area contributed by atoms with E-state index in [1.54, 1.807) is 11.3 Å². The Bertz CT molecular complexity index is 549. The molecule has 0 aromatic carbocycles. The summed E-state index contributed by atoms with van der Waals surface area (Å²) < 4.78 is 6.46. The molecule has 19 heavy (non-hydrogen) atoms. The van der Waals surface area contributed by atoms with Crippen molar-refractivity contribution in [2.75, 3.05) is 26.2 Å². The largest absolute Gasteiger partial charge is 0.337 e. The zero-order valence-electron chi connectivity index (χ0n) is 10.6. The molecule has 1 aliphatic heterocycles. The number of aromatic nitrogens is 2. The Balaban J connectivity index is 1.76. The van der Waals surface area contributed by atoms with Crippen molar-refractivity contribution >= 4 is 27.3 Å². The van der Waals surface area contributed by atoms with E-state index in [1.807, 2.05) is 11.4 Å². The van der Waals surface area contributed by atoms with E-state index < -0.39 is 0 Å². The van der Waals surface area contributed by atoms with Crippen molar-refractivity contribution in [1.29, 1.82) is 0 Å². The number of thiophene rings is 1. The fraction of sp³-hybridized carbons (Fsp3) is 0.500. The van der Waals surface area contributed by atoms with E-state index in [9.17, 15) is 0 Å². The van der Waals surface area contributed by atoms with Gasteiger partial charge in [0, 0.05) is 36.0 Å². The molecule has 3 rings (SSSR count). The Hall–Kier alpha value is -0.760. The van der Waals surface area contributed by atoms with E-state index in [2.05, 4.69) is 43.2 Å². The van der Waals surface area contributed by atoms with Crippen LogP contribution in [0.25, 0.3) is 10.7 Å². The molecular formula is C12H15BrN4OS. The molecule has 1 N–H and O–H groups in total. The minimum atomic E-state index is 0.173. The molecule has 2 aromatic rings. The Morgan fingerprint density at radius 1 is 1.47 bits per heavy atom. The van der Waals surface area contributed by atoms with E-state index in [-0.39, 0.29) is 6.04 Å². The van der Waals surface area contributed by atoms with Crippen LogP contribution in [0.1, 0.15) is 18.9 Å². The topological polar surface area (TPSA) is 54.2 Å². The summed E-state index contributed by atoms with van der Waals surface area (Å²) in [4.78, 5) is 7.90. The van der Waals surface area contributed by atoms with Gasteiger partial charge in [-0.2, -0.15) is 4.98 Å². The van der Waals surface area contributed by atoms with Gasteiger partial charge in [0.2, 0.25) is 11.7 Å². The van der Waals surface area contributed by atoms with Crippen LogP contribution in [-0.4, -0.2) is 41.2 Å². The van der Waals surface area contributed by atoms with Gasteiger partial charge in [-0.25, -0.2) is 0 Å². The summed E-state index contributed by atoms with van der Waals surface area (Å²) >= 11 is 5.04. The van der Waals surface area contributed by atoms with Gasteiger partial charge in [-0.05, 0) is 28.9 Å². The molecule has 7 heteroatoms. The predicted molar refractivity (Wildman–Crippen MR) is 78.2 cm³/mol. The van der Waals surface area contributed by atoms with Crippen molar-refractivity contribution in [1.82, 2.24) is 20.4 Å². The molecule has 1 atom stereocenters. The molecule has 2 aromatic heterocycles. The van der Waals surface area contributed by atoms with E-state index >= 15 is 0 Å². The number of nitrogens with zero attached hydrogens (tertiary/aromatic N) is 3. The summed E-state index contributed by atoms with van der Waals surface area (Å²) in [5, 5.41) is 9.44. The lowest BCUT2D eigenvalue weighted by molar-refractivity contribution is 0.154. The molecule has 0 aliphatic carbocycles. The van der Waals surface area contributed by atoms with Crippen molar-refractivity contribution in [3.05, 3.63) is 21.8 Å². The Kier molecular flexibility index (Phi) is 3.97. The highest BCUT2D eigenvalue weighted by molar-refractivity contribution is 9.10. The maximum absolute atomic E-state index is 5.41. The molecule has 0 spiro atoms. The number of hydrogen-bond acceptors (Lipinski definition) is 6. The van der Waals surface area contributed by atoms with Gasteiger partial charge in [-0.1, -0.05) is 5.16 Å². The Morgan fingerprint density at radius 2 is 2.26 bits per heavy atom. The second kappa shape index (κ2) is 5.70. The van der Waals surface area contributed by atoms with Crippen LogP contribution in [-0.2, 0) is 0 Å². The van der Waals surface area contributed by atoms with Crippen molar-refractivity contribution in [2.24, 2.45) is 0 Å². The van der Waals surface area contributed by atoms with Gasteiger partial charge in [-0.15, -0.1) is 11.3 Å². The highest BCUT2D eigenvalue weighted by Crippen LogP contribution is 2.29. The molecule has 1 fully saturated rings. The molecule has 1 saturated heterocycles. The molecule has 0 amide bonds. The second-order valence-corrected chi connectivity index (χ2v) is 6.37. The molecule has 1 aliphatic rings. The van der Waals surface area contributed by atoms with Gasteiger partial charge in [-0.3, -0.25) is 4.90 Å². The van der Waals surface area contributed by atoms with E-state index in [1.165, 1.54) is 0 Å². The zero-order chi connectivity index (χ0) is 13.2. The molecule has 102 valence electrons. The SMILES string of the molecule is CC(c1nc(-c2cc(Br)cs2)no1)N1CCNCC1. The standard InChI is InChI=1S/C12H15BrN4OS/c1-8(17-4-2-14-3-5-17)12-15-11(16-18-12)10-6-9(13)7-19-10/h6-8,14H,2-5H2,1H3. The van der Waals surface area contributed by atoms with E-state index in [4.69, 9.17) is 4.52 Å². The van der Waals surface area contributed by atoms with E-state index in [0.29, 0.717) is 11.7 Å². The van der Waals surface area contributed by atoms with Crippen LogP contribution >= 0.6 is 27.3 Å². The zero-order valence-corrected chi connectivity index (χ0v) is 13.0. The van der Waals surface area contributed by atoms with Crippen molar-refractivity contribution in [3.63, 3.8) is 0 Å². The first-order valence-corrected chi connectivity index (χ1v) is 7.94. The van der Waals surface area contributed by atoms with Crippen LogP contribution in [0.4, 0.5) is 0 Å². The van der Waals surface area contributed by atoms with Crippen molar-refractivity contribution in [2.45, 2.75) is 13.0 Å². The molecule has 0 bridgehead atoms. The lowest BCUT2D eigenvalue weighted by Crippen LogP contribution is -2.44. The van der Waals surface area contributed by atoms with Gasteiger partial charge in [0.05, 0.1) is 10.9 Å². The van der Waals surface area contributed by atoms with Crippen molar-refractivity contribution in [3.8, 4) is 10.7 Å². The lowest BCUT2D eigenvalue weighted by atomic mass is 10.2. The molecule has 0 saturated carbocycles. The first-order chi connectivity index (χ1) is 9.24. The number of rotatable bonds is 3. The number of piperazine rings is 1. The van der Waals surface area contributed by atoms with Crippen LogP contribution in [0.5, 0.6) is 0 Å². The monoisotopic (exact) mass is 342 g/mol. The van der Waals surface area contributed by atoms with Crippen molar-refractivity contribution < 1.29 is 4.52 Å². The van der Waals surface area contributed by atoms with Crippen LogP contribution in [0.15, 0.2) is 20.4 Å². The van der Waals surface area contributed by atoms with Crippen LogP contribution < -0.4 is 5.32 Å². The molecule has 0 radical (unpaired) electrons. The summed E-state index contributed by atoms with van der Waals surface area (Å²) in [6, 6.07) is 2.18. The van der Waals surface area contributed by atoms with Crippen LogP contribution in [0, 0.1) is 0 Å². The van der Waals surface area contributed by atoms with E-state index in [0.717, 1.165) is 35.5 Å². The minimum absolute atomic E-state index is 0.173.